The van der Waals surface area contributed by atoms with Crippen LogP contribution in [0.4, 0.5) is 0 Å². The van der Waals surface area contributed by atoms with E-state index in [9.17, 15) is 4.79 Å². The summed E-state index contributed by atoms with van der Waals surface area (Å²) in [5.74, 6) is -0.0298. The highest BCUT2D eigenvalue weighted by molar-refractivity contribution is 6.31. The number of halogens is 1. The van der Waals surface area contributed by atoms with Crippen LogP contribution in [0.1, 0.15) is 16.9 Å². The van der Waals surface area contributed by atoms with E-state index in [1.54, 1.807) is 35.8 Å². The molecule has 15 heavy (non-hydrogen) atoms. The van der Waals surface area contributed by atoms with Gasteiger partial charge in [-0.05, 0) is 19.0 Å². The number of rotatable bonds is 4. The molecule has 2 N–H and O–H groups in total. The third kappa shape index (κ3) is 2.97. The predicted octanol–water partition coefficient (Wildman–Crippen LogP) is 1.10. The van der Waals surface area contributed by atoms with Gasteiger partial charge in [0, 0.05) is 26.8 Å². The van der Waals surface area contributed by atoms with Crippen LogP contribution < -0.4 is 5.73 Å². The molecular weight excluding hydrogens is 214 g/mol. The van der Waals surface area contributed by atoms with Gasteiger partial charge in [0.15, 0.2) is 0 Å². The molecule has 0 bridgehead atoms. The third-order valence-electron chi connectivity index (χ3n) is 2.24. The summed E-state index contributed by atoms with van der Waals surface area (Å²) in [6.07, 6.45) is 2.52. The molecule has 0 unspecified atom stereocenters. The van der Waals surface area contributed by atoms with Gasteiger partial charge in [-0.25, -0.2) is 0 Å². The average Bonchev–Trinajstić information content (AvgIpc) is 2.53. The minimum Gasteiger partial charge on any atom is -0.345 e. The molecule has 84 valence electrons. The van der Waals surface area contributed by atoms with E-state index in [1.807, 2.05) is 0 Å². The highest BCUT2D eigenvalue weighted by atomic mass is 35.5. The molecule has 0 spiro atoms. The van der Waals surface area contributed by atoms with Gasteiger partial charge in [0.05, 0.1) is 5.02 Å². The Kier molecular flexibility index (Phi) is 4.17. The number of carbonyl (C=O) groups excluding carboxylic acids is 1. The third-order valence-corrected chi connectivity index (χ3v) is 2.44. The van der Waals surface area contributed by atoms with Crippen LogP contribution >= 0.6 is 11.6 Å². The van der Waals surface area contributed by atoms with Crippen LogP contribution in [-0.4, -0.2) is 35.5 Å². The molecule has 4 nitrogen and oxygen atoms in total. The summed E-state index contributed by atoms with van der Waals surface area (Å²) >= 11 is 5.81. The summed E-state index contributed by atoms with van der Waals surface area (Å²) in [4.78, 5) is 13.5. The van der Waals surface area contributed by atoms with Crippen LogP contribution in [0.2, 0.25) is 5.02 Å². The van der Waals surface area contributed by atoms with E-state index in [-0.39, 0.29) is 5.91 Å². The summed E-state index contributed by atoms with van der Waals surface area (Å²) in [6.45, 7) is 1.25. The number of hydrogen-bond acceptors (Lipinski definition) is 2. The lowest BCUT2D eigenvalue weighted by Gasteiger charge is -2.16. The van der Waals surface area contributed by atoms with Crippen LogP contribution in [0.3, 0.4) is 0 Å². The van der Waals surface area contributed by atoms with Gasteiger partial charge in [-0.3, -0.25) is 4.79 Å². The maximum atomic E-state index is 11.9. The number of aryl methyl sites for hydroxylation is 1. The molecule has 1 aromatic heterocycles. The van der Waals surface area contributed by atoms with Crippen molar-refractivity contribution in [1.29, 1.82) is 0 Å². The molecule has 0 aliphatic carbocycles. The molecule has 1 aromatic rings. The second kappa shape index (κ2) is 5.19. The fourth-order valence-corrected chi connectivity index (χ4v) is 1.61. The van der Waals surface area contributed by atoms with E-state index in [4.69, 9.17) is 17.3 Å². The van der Waals surface area contributed by atoms with Crippen LogP contribution in [0.5, 0.6) is 0 Å². The summed E-state index contributed by atoms with van der Waals surface area (Å²) < 4.78 is 1.73. The fraction of sp³-hybridized carbons (Fsp3) is 0.500. The smallest absolute Gasteiger partial charge is 0.270 e. The van der Waals surface area contributed by atoms with E-state index in [2.05, 4.69) is 0 Å². The molecule has 1 rings (SSSR count). The standard InChI is InChI=1S/C10H16ClN3O/c1-13(5-3-4-12)10(15)9-6-8(11)7-14(9)2/h6-7H,3-5,12H2,1-2H3. The van der Waals surface area contributed by atoms with Crippen molar-refractivity contribution >= 4 is 17.5 Å². The monoisotopic (exact) mass is 229 g/mol. The van der Waals surface area contributed by atoms with Crippen molar-refractivity contribution in [2.45, 2.75) is 6.42 Å². The van der Waals surface area contributed by atoms with Crippen molar-refractivity contribution in [3.8, 4) is 0 Å². The highest BCUT2D eigenvalue weighted by Gasteiger charge is 2.14. The first-order valence-electron chi connectivity index (χ1n) is 4.83. The SMILES string of the molecule is CN(CCCN)C(=O)c1cc(Cl)cn1C. The number of amides is 1. The number of hydrogen-bond donors (Lipinski definition) is 1. The lowest BCUT2D eigenvalue weighted by atomic mass is 10.3. The first-order valence-corrected chi connectivity index (χ1v) is 5.21. The van der Waals surface area contributed by atoms with Gasteiger partial charge in [-0.2, -0.15) is 0 Å². The van der Waals surface area contributed by atoms with E-state index in [1.165, 1.54) is 0 Å². The molecule has 1 heterocycles. The lowest BCUT2D eigenvalue weighted by Crippen LogP contribution is -2.30. The number of nitrogens with zero attached hydrogens (tertiary/aromatic N) is 2. The summed E-state index contributed by atoms with van der Waals surface area (Å²) in [5, 5.41) is 0.577. The second-order valence-corrected chi connectivity index (χ2v) is 3.96. The van der Waals surface area contributed by atoms with E-state index >= 15 is 0 Å². The Labute approximate surface area is 94.6 Å². The first kappa shape index (κ1) is 12.1. The van der Waals surface area contributed by atoms with Crippen LogP contribution in [0, 0.1) is 0 Å². The minimum absolute atomic E-state index is 0.0298. The topological polar surface area (TPSA) is 51.3 Å². The lowest BCUT2D eigenvalue weighted by molar-refractivity contribution is 0.0785. The average molecular weight is 230 g/mol. The summed E-state index contributed by atoms with van der Waals surface area (Å²) in [6, 6.07) is 1.67. The van der Waals surface area contributed by atoms with Gasteiger partial charge in [-0.1, -0.05) is 11.6 Å². The van der Waals surface area contributed by atoms with Gasteiger partial charge in [0.1, 0.15) is 5.69 Å². The first-order chi connectivity index (χ1) is 7.06. The highest BCUT2D eigenvalue weighted by Crippen LogP contribution is 2.14. The fourth-order valence-electron chi connectivity index (χ4n) is 1.36. The Morgan fingerprint density at radius 3 is 2.80 bits per heavy atom. The van der Waals surface area contributed by atoms with E-state index < -0.39 is 0 Å². The van der Waals surface area contributed by atoms with Crippen molar-refractivity contribution in [3.63, 3.8) is 0 Å². The molecule has 5 heteroatoms. The summed E-state index contributed by atoms with van der Waals surface area (Å²) in [5.41, 5.74) is 5.98. The largest absolute Gasteiger partial charge is 0.345 e. The zero-order valence-corrected chi connectivity index (χ0v) is 9.79. The summed E-state index contributed by atoms with van der Waals surface area (Å²) in [7, 11) is 3.56. The van der Waals surface area contributed by atoms with Crippen molar-refractivity contribution in [2.24, 2.45) is 12.8 Å². The van der Waals surface area contributed by atoms with E-state index in [0.29, 0.717) is 23.8 Å². The normalized spacial score (nSPS) is 10.4. The zero-order chi connectivity index (χ0) is 11.4. The molecule has 0 radical (unpaired) electrons. The number of nitrogens with two attached hydrogens (primary N) is 1. The molecule has 0 fully saturated rings. The maximum Gasteiger partial charge on any atom is 0.270 e. The number of aromatic nitrogens is 1. The Morgan fingerprint density at radius 2 is 2.33 bits per heavy atom. The quantitative estimate of drug-likeness (QED) is 0.841. The minimum atomic E-state index is -0.0298. The molecule has 0 atom stereocenters. The van der Waals surface area contributed by atoms with Crippen LogP contribution in [0.25, 0.3) is 0 Å². The predicted molar refractivity (Wildman–Crippen MR) is 61.1 cm³/mol. The van der Waals surface area contributed by atoms with E-state index in [0.717, 1.165) is 6.42 Å². The Bertz CT molecular complexity index is 348. The van der Waals surface area contributed by atoms with Gasteiger partial charge >= 0.3 is 0 Å². The Balaban J connectivity index is 2.71. The maximum absolute atomic E-state index is 11.9. The molecule has 1 amide bonds. The van der Waals surface area contributed by atoms with Crippen molar-refractivity contribution in [2.75, 3.05) is 20.1 Å². The van der Waals surface area contributed by atoms with Gasteiger partial charge in [-0.15, -0.1) is 0 Å². The molecular formula is C10H16ClN3O. The van der Waals surface area contributed by atoms with Crippen LogP contribution in [0.15, 0.2) is 12.3 Å². The zero-order valence-electron chi connectivity index (χ0n) is 9.03. The van der Waals surface area contributed by atoms with Crippen LogP contribution in [-0.2, 0) is 7.05 Å². The molecule has 0 aliphatic rings. The van der Waals surface area contributed by atoms with Gasteiger partial charge in [0.25, 0.3) is 5.91 Å². The van der Waals surface area contributed by atoms with Crippen molar-refractivity contribution < 1.29 is 4.79 Å². The molecule has 0 aliphatic heterocycles. The second-order valence-electron chi connectivity index (χ2n) is 3.52. The van der Waals surface area contributed by atoms with Gasteiger partial charge in [0.2, 0.25) is 0 Å². The Hall–Kier alpha value is -1.00. The molecule has 0 aromatic carbocycles. The van der Waals surface area contributed by atoms with Gasteiger partial charge < -0.3 is 15.2 Å². The van der Waals surface area contributed by atoms with Crippen molar-refractivity contribution in [3.05, 3.63) is 23.0 Å². The van der Waals surface area contributed by atoms with Crippen molar-refractivity contribution in [1.82, 2.24) is 9.47 Å². The molecule has 0 saturated carbocycles. The number of carbonyl (C=O) groups is 1. The molecule has 0 saturated heterocycles. The Morgan fingerprint density at radius 1 is 1.67 bits per heavy atom.